The molecule has 1 amide bonds. The number of hydrogen-bond acceptors (Lipinski definition) is 6. The summed E-state index contributed by atoms with van der Waals surface area (Å²) >= 11 is 6.03. The molecule has 8 heteroatoms. The molecule has 0 bridgehead atoms. The number of amides is 1. The van der Waals surface area contributed by atoms with Crippen molar-refractivity contribution < 1.29 is 14.6 Å². The Labute approximate surface area is 185 Å². The Bertz CT molecular complexity index is 1030. The van der Waals surface area contributed by atoms with Crippen LogP contribution in [0, 0.1) is 0 Å². The van der Waals surface area contributed by atoms with E-state index in [9.17, 15) is 9.90 Å². The zero-order chi connectivity index (χ0) is 21.6. The average Bonchev–Trinajstić information content (AvgIpc) is 2.80. The number of rotatable bonds is 6. The first-order valence-electron chi connectivity index (χ1n) is 10.2. The van der Waals surface area contributed by atoms with Crippen LogP contribution in [0.15, 0.2) is 55.0 Å². The number of hydrogen-bond donors (Lipinski definition) is 2. The van der Waals surface area contributed by atoms with Crippen LogP contribution in [-0.4, -0.2) is 38.1 Å². The molecule has 2 atom stereocenters. The van der Waals surface area contributed by atoms with Crippen molar-refractivity contribution >= 4 is 17.5 Å². The van der Waals surface area contributed by atoms with Crippen molar-refractivity contribution in [3.05, 3.63) is 71.4 Å². The van der Waals surface area contributed by atoms with Gasteiger partial charge in [0, 0.05) is 29.2 Å². The minimum Gasteiger partial charge on any atom is -0.469 e. The summed E-state index contributed by atoms with van der Waals surface area (Å²) in [4.78, 5) is 25.5. The van der Waals surface area contributed by atoms with Crippen LogP contribution in [-0.2, 0) is 6.61 Å². The Balaban J connectivity index is 1.59. The summed E-state index contributed by atoms with van der Waals surface area (Å²) in [6.45, 7) is 0.147. The van der Waals surface area contributed by atoms with Gasteiger partial charge in [0.05, 0.1) is 17.7 Å². The molecule has 1 aromatic carbocycles. The topological polar surface area (TPSA) is 97.2 Å². The van der Waals surface area contributed by atoms with Crippen LogP contribution in [0.2, 0.25) is 5.02 Å². The highest BCUT2D eigenvalue weighted by Crippen LogP contribution is 2.30. The maximum Gasteiger partial charge on any atom is 0.253 e. The summed E-state index contributed by atoms with van der Waals surface area (Å²) in [6, 6.07) is 10.5. The lowest BCUT2D eigenvalue weighted by atomic mass is 9.92. The van der Waals surface area contributed by atoms with E-state index in [2.05, 4.69) is 20.3 Å². The fourth-order valence-corrected chi connectivity index (χ4v) is 3.72. The number of ether oxygens (including phenoxy) is 1. The second-order valence-corrected chi connectivity index (χ2v) is 7.91. The number of nitrogens with one attached hydrogen (secondary N) is 1. The largest absolute Gasteiger partial charge is 0.469 e. The predicted octanol–water partition coefficient (Wildman–Crippen LogP) is 3.80. The highest BCUT2D eigenvalue weighted by atomic mass is 35.5. The first kappa shape index (κ1) is 21.2. The smallest absolute Gasteiger partial charge is 0.253 e. The van der Waals surface area contributed by atoms with E-state index < -0.39 is 6.10 Å². The number of pyridine rings is 1. The quantitative estimate of drug-likeness (QED) is 0.607. The number of benzene rings is 1. The zero-order valence-corrected chi connectivity index (χ0v) is 17.6. The number of carbonyl (C=O) groups is 1. The van der Waals surface area contributed by atoms with E-state index in [4.69, 9.17) is 16.3 Å². The maximum atomic E-state index is 12.8. The summed E-state index contributed by atoms with van der Waals surface area (Å²) < 4.78 is 5.87. The molecular weight excluding hydrogens is 416 g/mol. The molecule has 2 N–H and O–H groups in total. The molecule has 4 rings (SSSR count). The lowest BCUT2D eigenvalue weighted by Gasteiger charge is -2.28. The van der Waals surface area contributed by atoms with Crippen LogP contribution in [0.5, 0.6) is 5.88 Å². The van der Waals surface area contributed by atoms with Gasteiger partial charge in [-0.3, -0.25) is 4.79 Å². The normalized spacial score (nSPS) is 18.4. The molecule has 2 aromatic heterocycles. The molecule has 0 aliphatic heterocycles. The van der Waals surface area contributed by atoms with E-state index in [0.29, 0.717) is 34.3 Å². The molecule has 1 saturated carbocycles. The van der Waals surface area contributed by atoms with Gasteiger partial charge in [-0.05, 0) is 42.7 Å². The summed E-state index contributed by atoms with van der Waals surface area (Å²) in [5.41, 5.74) is 1.86. The molecule has 3 aromatic rings. The fourth-order valence-electron chi connectivity index (χ4n) is 3.60. The molecule has 0 spiro atoms. The summed E-state index contributed by atoms with van der Waals surface area (Å²) in [5.74, 6) is 0.620. The first-order valence-corrected chi connectivity index (χ1v) is 10.6. The van der Waals surface area contributed by atoms with E-state index in [1.54, 1.807) is 36.7 Å². The Morgan fingerprint density at radius 3 is 2.61 bits per heavy atom. The predicted molar refractivity (Wildman–Crippen MR) is 117 cm³/mol. The number of nitrogens with zero attached hydrogens (tertiary/aromatic N) is 3. The molecule has 1 aliphatic carbocycles. The van der Waals surface area contributed by atoms with Crippen molar-refractivity contribution in [3.8, 4) is 17.0 Å². The van der Waals surface area contributed by atoms with Crippen LogP contribution in [0.3, 0.4) is 0 Å². The molecular formula is C23H23ClN4O3. The Morgan fingerprint density at radius 2 is 1.87 bits per heavy atom. The molecule has 7 nitrogen and oxygen atoms in total. The van der Waals surface area contributed by atoms with Gasteiger partial charge in [0.15, 0.2) is 5.82 Å². The Kier molecular flexibility index (Phi) is 6.74. The molecule has 31 heavy (non-hydrogen) atoms. The molecule has 2 heterocycles. The monoisotopic (exact) mass is 438 g/mol. The molecule has 1 aliphatic rings. The molecule has 0 saturated heterocycles. The van der Waals surface area contributed by atoms with E-state index >= 15 is 0 Å². The summed E-state index contributed by atoms with van der Waals surface area (Å²) in [7, 11) is 0. The Hall–Kier alpha value is -3.03. The van der Waals surface area contributed by atoms with Gasteiger partial charge >= 0.3 is 0 Å². The van der Waals surface area contributed by atoms with Crippen molar-refractivity contribution in [3.63, 3.8) is 0 Å². The number of halogens is 1. The van der Waals surface area contributed by atoms with Crippen molar-refractivity contribution in [2.75, 3.05) is 0 Å². The standard InChI is InChI=1S/C23H23ClN4O3/c24-17-8-6-15(7-9-17)18-12-16(22(30)28-19-4-1-2-5-20(19)29)13-27-23(18)31-14-21-25-10-3-11-26-21/h3,6-13,19-20,29H,1-2,4-5,14H2,(H,28,30)/t19?,20-/m1/s1. The van der Waals surface area contributed by atoms with Gasteiger partial charge in [-0.2, -0.15) is 0 Å². The minimum atomic E-state index is -0.519. The number of aliphatic hydroxyl groups is 1. The van der Waals surface area contributed by atoms with Gasteiger partial charge in [0.2, 0.25) is 5.88 Å². The van der Waals surface area contributed by atoms with Crippen LogP contribution in [0.25, 0.3) is 11.1 Å². The van der Waals surface area contributed by atoms with Gasteiger partial charge < -0.3 is 15.2 Å². The SMILES string of the molecule is O=C(NC1CCCC[C@H]1O)c1cnc(OCc2ncccn2)c(-c2ccc(Cl)cc2)c1. The lowest BCUT2D eigenvalue weighted by molar-refractivity contribution is 0.0717. The summed E-state index contributed by atoms with van der Waals surface area (Å²) in [5, 5.41) is 13.7. The molecule has 0 radical (unpaired) electrons. The van der Waals surface area contributed by atoms with Crippen molar-refractivity contribution in [1.29, 1.82) is 0 Å². The second kappa shape index (κ2) is 9.85. The highest BCUT2D eigenvalue weighted by Gasteiger charge is 2.25. The van der Waals surface area contributed by atoms with Crippen LogP contribution >= 0.6 is 11.6 Å². The van der Waals surface area contributed by atoms with Gasteiger partial charge in [0.1, 0.15) is 6.61 Å². The van der Waals surface area contributed by atoms with E-state index in [1.165, 1.54) is 6.20 Å². The molecule has 1 fully saturated rings. The number of carbonyl (C=O) groups excluding carboxylic acids is 1. The molecule has 1 unspecified atom stereocenters. The minimum absolute atomic E-state index is 0.147. The fraction of sp³-hybridized carbons (Fsp3) is 0.304. The third kappa shape index (κ3) is 5.37. The van der Waals surface area contributed by atoms with Gasteiger partial charge in [-0.25, -0.2) is 15.0 Å². The first-order chi connectivity index (χ1) is 15.1. The van der Waals surface area contributed by atoms with E-state index in [0.717, 1.165) is 24.8 Å². The van der Waals surface area contributed by atoms with Crippen LogP contribution in [0.4, 0.5) is 0 Å². The number of aromatic nitrogens is 3. The molecule has 160 valence electrons. The third-order valence-corrected chi connectivity index (χ3v) is 5.52. The van der Waals surface area contributed by atoms with Gasteiger partial charge in [-0.15, -0.1) is 0 Å². The lowest BCUT2D eigenvalue weighted by Crippen LogP contribution is -2.45. The summed E-state index contributed by atoms with van der Waals surface area (Å²) in [6.07, 6.45) is 7.69. The van der Waals surface area contributed by atoms with E-state index in [-0.39, 0.29) is 18.6 Å². The second-order valence-electron chi connectivity index (χ2n) is 7.47. The van der Waals surface area contributed by atoms with Crippen molar-refractivity contribution in [2.24, 2.45) is 0 Å². The van der Waals surface area contributed by atoms with E-state index in [1.807, 2.05) is 12.1 Å². The zero-order valence-electron chi connectivity index (χ0n) is 16.9. The van der Waals surface area contributed by atoms with Crippen LogP contribution in [0.1, 0.15) is 41.9 Å². The van der Waals surface area contributed by atoms with Gasteiger partial charge in [0.25, 0.3) is 5.91 Å². The van der Waals surface area contributed by atoms with Crippen LogP contribution < -0.4 is 10.1 Å². The highest BCUT2D eigenvalue weighted by molar-refractivity contribution is 6.30. The Morgan fingerprint density at radius 1 is 1.13 bits per heavy atom. The van der Waals surface area contributed by atoms with Crippen molar-refractivity contribution in [2.45, 2.75) is 44.4 Å². The maximum absolute atomic E-state index is 12.8. The average molecular weight is 439 g/mol. The third-order valence-electron chi connectivity index (χ3n) is 5.27. The van der Waals surface area contributed by atoms with Crippen molar-refractivity contribution in [1.82, 2.24) is 20.3 Å². The number of aliphatic hydroxyl groups excluding tert-OH is 1. The van der Waals surface area contributed by atoms with Gasteiger partial charge in [-0.1, -0.05) is 36.6 Å².